The molecule has 0 saturated carbocycles. The molecule has 0 spiro atoms. The highest BCUT2D eigenvalue weighted by Crippen LogP contribution is 2.23. The molecule has 0 aliphatic carbocycles. The number of hydrogen-bond donors (Lipinski definition) is 1. The molecule has 0 atom stereocenters. The molecule has 1 aliphatic rings. The molecule has 0 aromatic heterocycles. The van der Waals surface area contributed by atoms with Crippen LogP contribution in [0, 0.1) is 5.41 Å². The molecule has 3 nitrogen and oxygen atoms in total. The third-order valence-corrected chi connectivity index (χ3v) is 2.93. The Bertz CT molecular complexity index is 367. The lowest BCUT2D eigenvalue weighted by atomic mass is 9.92. The van der Waals surface area contributed by atoms with E-state index in [1.54, 1.807) is 0 Å². The summed E-state index contributed by atoms with van der Waals surface area (Å²) in [5.41, 5.74) is 6.77. The summed E-state index contributed by atoms with van der Waals surface area (Å²) in [6, 6.07) is 10.1. The van der Waals surface area contributed by atoms with Gasteiger partial charge in [-0.1, -0.05) is 43.3 Å². The topological polar surface area (TPSA) is 44.5 Å². The maximum absolute atomic E-state index is 5.67. The fraction of sp³-hybridized carbons (Fsp3) is 0.429. The number of benzene rings is 1. The molecule has 1 aromatic rings. The van der Waals surface area contributed by atoms with Crippen LogP contribution < -0.4 is 5.73 Å². The summed E-state index contributed by atoms with van der Waals surface area (Å²) >= 11 is 0. The van der Waals surface area contributed by atoms with Gasteiger partial charge in [-0.15, -0.1) is 0 Å². The number of nitrogens with two attached hydrogens (primary N) is 1. The molecule has 1 aromatic carbocycles. The van der Waals surface area contributed by atoms with Crippen LogP contribution in [0.2, 0.25) is 0 Å². The summed E-state index contributed by atoms with van der Waals surface area (Å²) in [5.74, 6) is 0. The zero-order chi connectivity index (χ0) is 12.1. The van der Waals surface area contributed by atoms with Crippen LogP contribution in [0.4, 0.5) is 0 Å². The second-order valence-corrected chi connectivity index (χ2v) is 4.77. The van der Waals surface area contributed by atoms with Crippen LogP contribution >= 0.6 is 0 Å². The van der Waals surface area contributed by atoms with Crippen molar-refractivity contribution in [2.24, 2.45) is 11.1 Å². The van der Waals surface area contributed by atoms with E-state index in [-0.39, 0.29) is 11.7 Å². The normalized spacial score (nSPS) is 29.6. The third kappa shape index (κ3) is 3.40. The number of rotatable bonds is 3. The van der Waals surface area contributed by atoms with Crippen LogP contribution in [0.15, 0.2) is 36.4 Å². The Morgan fingerprint density at radius 1 is 1.29 bits per heavy atom. The minimum Gasteiger partial charge on any atom is -0.348 e. The largest absolute Gasteiger partial charge is 0.348 e. The van der Waals surface area contributed by atoms with E-state index in [9.17, 15) is 0 Å². The van der Waals surface area contributed by atoms with Crippen LogP contribution in [0.25, 0.3) is 6.08 Å². The molecule has 1 saturated heterocycles. The van der Waals surface area contributed by atoms with Crippen molar-refractivity contribution in [2.75, 3.05) is 19.8 Å². The van der Waals surface area contributed by atoms with Gasteiger partial charge in [0.05, 0.1) is 13.2 Å². The molecule has 17 heavy (non-hydrogen) atoms. The van der Waals surface area contributed by atoms with Gasteiger partial charge in [0.25, 0.3) is 0 Å². The minimum atomic E-state index is -0.255. The predicted molar refractivity (Wildman–Crippen MR) is 68.3 cm³/mol. The van der Waals surface area contributed by atoms with Gasteiger partial charge in [0, 0.05) is 12.0 Å². The van der Waals surface area contributed by atoms with Gasteiger partial charge in [0.2, 0.25) is 0 Å². The summed E-state index contributed by atoms with van der Waals surface area (Å²) < 4.78 is 11.2. The van der Waals surface area contributed by atoms with E-state index in [1.807, 2.05) is 42.5 Å². The first-order valence-electron chi connectivity index (χ1n) is 5.88. The lowest BCUT2D eigenvalue weighted by Crippen LogP contribution is -2.43. The monoisotopic (exact) mass is 233 g/mol. The second kappa shape index (κ2) is 5.45. The fourth-order valence-corrected chi connectivity index (χ4v) is 1.64. The van der Waals surface area contributed by atoms with E-state index in [2.05, 4.69) is 6.92 Å². The Morgan fingerprint density at radius 2 is 1.94 bits per heavy atom. The molecule has 0 bridgehead atoms. The van der Waals surface area contributed by atoms with E-state index in [4.69, 9.17) is 15.2 Å². The Hall–Kier alpha value is -1.16. The van der Waals surface area contributed by atoms with Crippen molar-refractivity contribution >= 4 is 6.08 Å². The van der Waals surface area contributed by atoms with Crippen molar-refractivity contribution in [2.45, 2.75) is 13.2 Å². The third-order valence-electron chi connectivity index (χ3n) is 2.93. The van der Waals surface area contributed by atoms with E-state index >= 15 is 0 Å². The molecule has 0 unspecified atom stereocenters. The first-order chi connectivity index (χ1) is 8.22. The Kier molecular flexibility index (Phi) is 3.94. The second-order valence-electron chi connectivity index (χ2n) is 4.77. The lowest BCUT2D eigenvalue weighted by molar-refractivity contribution is -0.199. The van der Waals surface area contributed by atoms with Crippen LogP contribution in [-0.4, -0.2) is 26.0 Å². The van der Waals surface area contributed by atoms with Crippen LogP contribution in [0.1, 0.15) is 12.5 Å². The fourth-order valence-electron chi connectivity index (χ4n) is 1.64. The van der Waals surface area contributed by atoms with Gasteiger partial charge in [0.1, 0.15) is 0 Å². The molecule has 0 radical (unpaired) electrons. The van der Waals surface area contributed by atoms with Crippen molar-refractivity contribution < 1.29 is 9.47 Å². The average molecular weight is 233 g/mol. The zero-order valence-corrected chi connectivity index (χ0v) is 10.1. The minimum absolute atomic E-state index is 0.0446. The standard InChI is InChI=1S/C14H19NO2/c1-14(9-15)10-16-13(17-11-14)8-7-12-5-3-2-4-6-12/h2-8,13H,9-11,15H2,1H3/b8-7+. The summed E-state index contributed by atoms with van der Waals surface area (Å²) in [4.78, 5) is 0. The van der Waals surface area contributed by atoms with Gasteiger partial charge in [-0.2, -0.15) is 0 Å². The molecule has 0 amide bonds. The van der Waals surface area contributed by atoms with Gasteiger partial charge in [0.15, 0.2) is 6.29 Å². The number of hydrogen-bond acceptors (Lipinski definition) is 3. The SMILES string of the molecule is CC1(CN)COC(/C=C/c2ccccc2)OC1. The van der Waals surface area contributed by atoms with Gasteiger partial charge < -0.3 is 15.2 Å². The first-order valence-corrected chi connectivity index (χ1v) is 5.88. The van der Waals surface area contributed by atoms with Gasteiger partial charge in [-0.25, -0.2) is 0 Å². The van der Waals surface area contributed by atoms with E-state index in [1.165, 1.54) is 0 Å². The van der Waals surface area contributed by atoms with Gasteiger partial charge in [-0.3, -0.25) is 0 Å². The zero-order valence-electron chi connectivity index (χ0n) is 10.1. The van der Waals surface area contributed by atoms with Crippen molar-refractivity contribution in [3.63, 3.8) is 0 Å². The van der Waals surface area contributed by atoms with Crippen LogP contribution in [0.5, 0.6) is 0 Å². The molecular formula is C14H19NO2. The predicted octanol–water partition coefficient (Wildman–Crippen LogP) is 2.04. The van der Waals surface area contributed by atoms with E-state index in [0.29, 0.717) is 19.8 Å². The average Bonchev–Trinajstić information content (AvgIpc) is 2.39. The summed E-state index contributed by atoms with van der Waals surface area (Å²) in [7, 11) is 0. The Morgan fingerprint density at radius 3 is 2.53 bits per heavy atom. The molecule has 1 heterocycles. The highest BCUT2D eigenvalue weighted by atomic mass is 16.7. The van der Waals surface area contributed by atoms with Crippen LogP contribution in [0.3, 0.4) is 0 Å². The Balaban J connectivity index is 1.88. The highest BCUT2D eigenvalue weighted by Gasteiger charge is 2.30. The Labute approximate surface area is 102 Å². The molecule has 2 N–H and O–H groups in total. The maximum atomic E-state index is 5.67. The van der Waals surface area contributed by atoms with Gasteiger partial charge in [-0.05, 0) is 11.6 Å². The first kappa shape index (κ1) is 12.3. The lowest BCUT2D eigenvalue weighted by Gasteiger charge is -2.35. The quantitative estimate of drug-likeness (QED) is 0.869. The van der Waals surface area contributed by atoms with E-state index in [0.717, 1.165) is 5.56 Å². The van der Waals surface area contributed by atoms with Crippen molar-refractivity contribution in [3.8, 4) is 0 Å². The molecule has 3 heteroatoms. The van der Waals surface area contributed by atoms with Crippen molar-refractivity contribution in [1.82, 2.24) is 0 Å². The number of ether oxygens (including phenoxy) is 2. The smallest absolute Gasteiger partial charge is 0.177 e. The molecule has 92 valence electrons. The van der Waals surface area contributed by atoms with Crippen LogP contribution in [-0.2, 0) is 9.47 Å². The molecule has 2 rings (SSSR count). The molecular weight excluding hydrogens is 214 g/mol. The van der Waals surface area contributed by atoms with E-state index < -0.39 is 0 Å². The summed E-state index contributed by atoms with van der Waals surface area (Å²) in [6.45, 7) is 3.95. The van der Waals surface area contributed by atoms with Gasteiger partial charge >= 0.3 is 0 Å². The molecule has 1 fully saturated rings. The molecule has 1 aliphatic heterocycles. The van der Waals surface area contributed by atoms with Crippen molar-refractivity contribution in [1.29, 1.82) is 0 Å². The summed E-state index contributed by atoms with van der Waals surface area (Å²) in [6.07, 6.45) is 3.69. The maximum Gasteiger partial charge on any atom is 0.177 e. The highest BCUT2D eigenvalue weighted by molar-refractivity contribution is 5.48. The summed E-state index contributed by atoms with van der Waals surface area (Å²) in [5, 5.41) is 0. The van der Waals surface area contributed by atoms with Crippen molar-refractivity contribution in [3.05, 3.63) is 42.0 Å².